The second kappa shape index (κ2) is 3.04. The van der Waals surface area contributed by atoms with E-state index in [1.807, 2.05) is 0 Å². The van der Waals surface area contributed by atoms with Gasteiger partial charge in [0.2, 0.25) is 0 Å². The number of aromatic carboxylic acids is 1. The van der Waals surface area contributed by atoms with Crippen LogP contribution in [0.1, 0.15) is 29.6 Å². The third-order valence-corrected chi connectivity index (χ3v) is 3.28. The minimum atomic E-state index is -1.06. The van der Waals surface area contributed by atoms with Gasteiger partial charge in [0, 0.05) is 25.0 Å². The molecule has 1 aromatic rings. The lowest BCUT2D eigenvalue weighted by Gasteiger charge is -2.35. The lowest BCUT2D eigenvalue weighted by molar-refractivity contribution is -0.138. The fourth-order valence-corrected chi connectivity index (χ4v) is 2.18. The predicted molar refractivity (Wildman–Crippen MR) is 56.2 cm³/mol. The van der Waals surface area contributed by atoms with E-state index in [1.54, 1.807) is 0 Å². The molecule has 84 valence electrons. The molecule has 0 saturated heterocycles. The zero-order valence-corrected chi connectivity index (χ0v) is 9.08. The van der Waals surface area contributed by atoms with Crippen molar-refractivity contribution >= 4 is 17.6 Å². The van der Waals surface area contributed by atoms with E-state index in [1.165, 1.54) is 12.1 Å². The van der Waals surface area contributed by atoms with Crippen LogP contribution in [-0.2, 0) is 0 Å². The Hall–Kier alpha value is -1.42. The molecule has 0 bridgehead atoms. The number of carboxylic acid groups (broad SMARTS) is 1. The molecule has 5 heteroatoms. The van der Waals surface area contributed by atoms with Gasteiger partial charge in [0.05, 0.1) is 10.6 Å². The van der Waals surface area contributed by atoms with Crippen molar-refractivity contribution in [3.05, 3.63) is 22.7 Å². The highest BCUT2D eigenvalue weighted by Gasteiger charge is 2.47. The number of benzene rings is 1. The van der Waals surface area contributed by atoms with Crippen LogP contribution in [0.3, 0.4) is 0 Å². The Morgan fingerprint density at radius 3 is 2.44 bits per heavy atom. The van der Waals surface area contributed by atoms with E-state index < -0.39 is 11.8 Å². The van der Waals surface area contributed by atoms with E-state index in [-0.39, 0.29) is 10.6 Å². The Bertz CT molecular complexity index is 479. The average molecular weight is 241 g/mol. The Labute approximate surface area is 96.7 Å². The van der Waals surface area contributed by atoms with Crippen LogP contribution in [0.4, 0.5) is 0 Å². The van der Waals surface area contributed by atoms with Crippen molar-refractivity contribution in [2.45, 2.75) is 25.0 Å². The molecule has 1 heterocycles. The molecular formula is C11H9ClO4. The van der Waals surface area contributed by atoms with Crippen LogP contribution in [0.15, 0.2) is 12.1 Å². The highest BCUT2D eigenvalue weighted by molar-refractivity contribution is 6.33. The van der Waals surface area contributed by atoms with Gasteiger partial charge in [-0.25, -0.2) is 4.79 Å². The summed E-state index contributed by atoms with van der Waals surface area (Å²) in [5, 5.41) is 9.09. The van der Waals surface area contributed by atoms with E-state index >= 15 is 0 Å². The molecule has 0 radical (unpaired) electrons. The van der Waals surface area contributed by atoms with Gasteiger partial charge in [-0.3, -0.25) is 0 Å². The van der Waals surface area contributed by atoms with Crippen molar-refractivity contribution in [2.24, 2.45) is 0 Å². The maximum Gasteiger partial charge on any atom is 0.337 e. The summed E-state index contributed by atoms with van der Waals surface area (Å²) in [4.78, 5) is 10.9. The lowest BCUT2D eigenvalue weighted by Crippen LogP contribution is -2.45. The number of carboxylic acids is 1. The van der Waals surface area contributed by atoms with Crippen LogP contribution in [0.2, 0.25) is 5.02 Å². The maximum absolute atomic E-state index is 10.9. The lowest BCUT2D eigenvalue weighted by atomic mass is 9.91. The minimum absolute atomic E-state index is 0.0420. The molecule has 1 spiro atoms. The van der Waals surface area contributed by atoms with Crippen molar-refractivity contribution in [3.63, 3.8) is 0 Å². The molecule has 0 unspecified atom stereocenters. The van der Waals surface area contributed by atoms with Crippen molar-refractivity contribution in [1.29, 1.82) is 0 Å². The zero-order valence-electron chi connectivity index (χ0n) is 8.33. The number of hydrogen-bond acceptors (Lipinski definition) is 3. The Balaban J connectivity index is 2.02. The third kappa shape index (κ3) is 1.26. The molecule has 4 nitrogen and oxygen atoms in total. The molecule has 0 amide bonds. The summed E-state index contributed by atoms with van der Waals surface area (Å²) in [6.07, 6.45) is 2.73. The number of halogens is 1. The summed E-state index contributed by atoms with van der Waals surface area (Å²) < 4.78 is 11.3. The number of rotatable bonds is 1. The third-order valence-electron chi connectivity index (χ3n) is 2.97. The average Bonchev–Trinajstić information content (AvgIpc) is 2.54. The summed E-state index contributed by atoms with van der Waals surface area (Å²) >= 11 is 5.84. The Morgan fingerprint density at radius 1 is 1.31 bits per heavy atom. The van der Waals surface area contributed by atoms with E-state index in [0.717, 1.165) is 19.3 Å². The van der Waals surface area contributed by atoms with E-state index in [2.05, 4.69) is 0 Å². The molecule has 1 fully saturated rings. The van der Waals surface area contributed by atoms with E-state index in [4.69, 9.17) is 26.2 Å². The summed E-state index contributed by atoms with van der Waals surface area (Å²) in [6, 6.07) is 2.93. The standard InChI is InChI=1S/C11H9ClO4/c12-7-5-9-8(4-6(7)10(13)14)15-11(16-9)2-1-3-11/h4-5H,1-3H2,(H,13,14). The van der Waals surface area contributed by atoms with Crippen LogP contribution in [-0.4, -0.2) is 16.9 Å². The molecule has 0 atom stereocenters. The van der Waals surface area contributed by atoms with Crippen LogP contribution in [0, 0.1) is 0 Å². The topological polar surface area (TPSA) is 55.8 Å². The van der Waals surface area contributed by atoms with Gasteiger partial charge >= 0.3 is 5.97 Å². The number of fused-ring (bicyclic) bond motifs is 1. The normalized spacial score (nSPS) is 19.6. The first-order valence-electron chi connectivity index (χ1n) is 5.05. The second-order valence-electron chi connectivity index (χ2n) is 4.05. The summed E-state index contributed by atoms with van der Waals surface area (Å²) in [5.41, 5.74) is 0.0420. The quantitative estimate of drug-likeness (QED) is 0.820. The fourth-order valence-electron chi connectivity index (χ4n) is 1.95. The molecule has 3 rings (SSSR count). The predicted octanol–water partition coefficient (Wildman–Crippen LogP) is 2.69. The van der Waals surface area contributed by atoms with E-state index in [9.17, 15) is 4.79 Å². The van der Waals surface area contributed by atoms with Crippen LogP contribution in [0.25, 0.3) is 0 Å². The molecule has 16 heavy (non-hydrogen) atoms. The molecule has 1 saturated carbocycles. The van der Waals surface area contributed by atoms with Crippen molar-refractivity contribution in [3.8, 4) is 11.5 Å². The second-order valence-corrected chi connectivity index (χ2v) is 4.46. The zero-order chi connectivity index (χ0) is 11.3. The largest absolute Gasteiger partial charge is 0.478 e. The molecular weight excluding hydrogens is 232 g/mol. The van der Waals surface area contributed by atoms with Crippen molar-refractivity contribution < 1.29 is 19.4 Å². The highest BCUT2D eigenvalue weighted by atomic mass is 35.5. The summed E-state index contributed by atoms with van der Waals surface area (Å²) in [5.74, 6) is -0.606. The molecule has 1 aliphatic carbocycles. The SMILES string of the molecule is O=C(O)c1cc2c(cc1Cl)OC1(CCC1)O2. The summed E-state index contributed by atoms with van der Waals surface area (Å²) in [6.45, 7) is 0. The van der Waals surface area contributed by atoms with Gasteiger partial charge in [0.25, 0.3) is 5.79 Å². The monoisotopic (exact) mass is 240 g/mol. The molecule has 2 aliphatic rings. The van der Waals surface area contributed by atoms with Crippen LogP contribution >= 0.6 is 11.6 Å². The van der Waals surface area contributed by atoms with Gasteiger partial charge < -0.3 is 14.6 Å². The number of ether oxygens (including phenoxy) is 2. The Kier molecular flexibility index (Phi) is 1.86. The molecule has 0 aromatic heterocycles. The smallest absolute Gasteiger partial charge is 0.337 e. The highest BCUT2D eigenvalue weighted by Crippen LogP contribution is 2.49. The van der Waals surface area contributed by atoms with Gasteiger partial charge in [-0.15, -0.1) is 0 Å². The molecule has 1 aromatic carbocycles. The fraction of sp³-hybridized carbons (Fsp3) is 0.364. The first-order chi connectivity index (χ1) is 7.60. The number of hydrogen-bond donors (Lipinski definition) is 1. The number of carbonyl (C=O) groups is 1. The summed E-state index contributed by atoms with van der Waals surface area (Å²) in [7, 11) is 0. The Morgan fingerprint density at radius 2 is 1.94 bits per heavy atom. The first-order valence-corrected chi connectivity index (χ1v) is 5.42. The van der Waals surface area contributed by atoms with Crippen molar-refractivity contribution in [2.75, 3.05) is 0 Å². The van der Waals surface area contributed by atoms with Gasteiger partial charge in [0.1, 0.15) is 0 Å². The van der Waals surface area contributed by atoms with Gasteiger partial charge in [-0.1, -0.05) is 11.6 Å². The van der Waals surface area contributed by atoms with E-state index in [0.29, 0.717) is 11.5 Å². The van der Waals surface area contributed by atoms with Gasteiger partial charge in [-0.2, -0.15) is 0 Å². The van der Waals surface area contributed by atoms with Crippen LogP contribution < -0.4 is 9.47 Å². The molecule has 1 N–H and O–H groups in total. The first kappa shape index (κ1) is 9.78. The molecule has 1 aliphatic heterocycles. The van der Waals surface area contributed by atoms with Gasteiger partial charge in [-0.05, 0) is 6.42 Å². The van der Waals surface area contributed by atoms with Crippen molar-refractivity contribution in [1.82, 2.24) is 0 Å². The van der Waals surface area contributed by atoms with Crippen LogP contribution in [0.5, 0.6) is 11.5 Å². The van der Waals surface area contributed by atoms with Gasteiger partial charge in [0.15, 0.2) is 11.5 Å². The maximum atomic E-state index is 10.9. The minimum Gasteiger partial charge on any atom is -0.478 e.